The molecule has 4 aliphatic rings. The van der Waals surface area contributed by atoms with Crippen LogP contribution >= 0.6 is 0 Å². The zero-order valence-electron chi connectivity index (χ0n) is 23.0. The van der Waals surface area contributed by atoms with Crippen molar-refractivity contribution in [1.82, 2.24) is 14.0 Å². The molecule has 0 radical (unpaired) electrons. The second-order valence-electron chi connectivity index (χ2n) is 12.6. The Morgan fingerprint density at radius 3 is 2.37 bits per heavy atom. The largest absolute Gasteiger partial charge is 0.465 e. The van der Waals surface area contributed by atoms with Gasteiger partial charge >= 0.3 is 11.7 Å². The lowest BCUT2D eigenvalue weighted by Gasteiger charge is -2.56. The molecule has 3 heterocycles. The normalized spacial score (nSPS) is 33.6. The molecule has 6 rings (SSSR count). The van der Waals surface area contributed by atoms with Crippen LogP contribution in [-0.2, 0) is 16.1 Å². The van der Waals surface area contributed by atoms with Gasteiger partial charge in [-0.15, -0.1) is 0 Å². The molecular formula is C31H43N3O4. The van der Waals surface area contributed by atoms with Crippen molar-refractivity contribution in [3.63, 3.8) is 0 Å². The van der Waals surface area contributed by atoms with Crippen molar-refractivity contribution in [1.29, 1.82) is 0 Å². The van der Waals surface area contributed by atoms with Crippen molar-refractivity contribution in [2.75, 3.05) is 6.61 Å². The van der Waals surface area contributed by atoms with E-state index in [9.17, 15) is 14.4 Å². The molecule has 38 heavy (non-hydrogen) atoms. The average Bonchev–Trinajstić information content (AvgIpc) is 3.08. The molecule has 2 aromatic rings. The SMILES string of the molecule is CCOC(=O)Cn1c(=O)n([C@H]2CC3C(C)CC[C@@H](C2)N3[C@@H]2C[C@@H]3CCCC[C@@H](C3)C2)c(=O)c2ccccc21. The highest BCUT2D eigenvalue weighted by atomic mass is 16.5. The van der Waals surface area contributed by atoms with Crippen molar-refractivity contribution >= 4 is 16.9 Å². The van der Waals surface area contributed by atoms with Gasteiger partial charge in [0.05, 0.1) is 17.5 Å². The van der Waals surface area contributed by atoms with Crippen LogP contribution in [0.1, 0.15) is 90.5 Å². The maximum absolute atomic E-state index is 13.9. The number of fused-ring (bicyclic) bond motifs is 5. The Kier molecular flexibility index (Phi) is 7.23. The summed E-state index contributed by atoms with van der Waals surface area (Å²) in [7, 11) is 0. The van der Waals surface area contributed by atoms with E-state index in [1.54, 1.807) is 25.1 Å². The fraction of sp³-hybridized carbons (Fsp3) is 0.710. The van der Waals surface area contributed by atoms with Gasteiger partial charge in [-0.3, -0.25) is 23.6 Å². The van der Waals surface area contributed by atoms with Crippen LogP contribution in [-0.4, -0.2) is 44.7 Å². The van der Waals surface area contributed by atoms with E-state index >= 15 is 0 Å². The molecule has 0 N–H and O–H groups in total. The number of benzene rings is 1. The van der Waals surface area contributed by atoms with Crippen molar-refractivity contribution in [2.24, 2.45) is 17.8 Å². The molecule has 1 aromatic carbocycles. The number of carbonyl (C=O) groups excluding carboxylic acids is 1. The van der Waals surface area contributed by atoms with Crippen LogP contribution in [0.3, 0.4) is 0 Å². The number of aromatic nitrogens is 2. The highest BCUT2D eigenvalue weighted by Gasteiger charge is 2.47. The summed E-state index contributed by atoms with van der Waals surface area (Å²) in [5, 5.41) is 0.494. The van der Waals surface area contributed by atoms with Crippen LogP contribution in [0, 0.1) is 17.8 Å². The summed E-state index contributed by atoms with van der Waals surface area (Å²) in [6.07, 6.45) is 13.7. The molecule has 0 spiro atoms. The molecule has 1 aromatic heterocycles. The maximum atomic E-state index is 13.9. The molecule has 2 saturated heterocycles. The predicted molar refractivity (Wildman–Crippen MR) is 148 cm³/mol. The van der Waals surface area contributed by atoms with E-state index < -0.39 is 5.97 Å². The van der Waals surface area contributed by atoms with Crippen molar-refractivity contribution in [2.45, 2.75) is 115 Å². The first-order valence-electron chi connectivity index (χ1n) is 15.1. The van der Waals surface area contributed by atoms with Crippen LogP contribution in [0.2, 0.25) is 0 Å². The third-order valence-electron chi connectivity index (χ3n) is 10.3. The third kappa shape index (κ3) is 4.65. The number of rotatable bonds is 5. The highest BCUT2D eigenvalue weighted by molar-refractivity contribution is 5.80. The summed E-state index contributed by atoms with van der Waals surface area (Å²) >= 11 is 0. The molecule has 2 saturated carbocycles. The minimum Gasteiger partial charge on any atom is -0.465 e. The monoisotopic (exact) mass is 521 g/mol. The van der Waals surface area contributed by atoms with Crippen LogP contribution in [0.5, 0.6) is 0 Å². The van der Waals surface area contributed by atoms with E-state index in [0.29, 0.717) is 34.9 Å². The van der Waals surface area contributed by atoms with Crippen LogP contribution in [0.25, 0.3) is 10.9 Å². The molecule has 7 atom stereocenters. The standard InChI is InChI=1S/C31H43N3O4/c1-3-38-29(35)19-32-27-11-7-6-10-26(27)30(36)34(31(32)37)25-17-23-13-12-20(2)28(18-25)33(23)24-15-21-8-4-5-9-22(14-21)16-24/h6-7,10-11,20-25,28H,3-5,8-9,12-19H2,1-2H3/t20?,21-,22+,23-,24-,25+,28?/m0/s1. The lowest BCUT2D eigenvalue weighted by molar-refractivity contribution is -0.143. The van der Waals surface area contributed by atoms with Gasteiger partial charge in [-0.25, -0.2) is 4.79 Å². The van der Waals surface area contributed by atoms with Gasteiger partial charge in [-0.05, 0) is 81.8 Å². The zero-order chi connectivity index (χ0) is 26.4. The number of hydrogen-bond donors (Lipinski definition) is 0. The van der Waals surface area contributed by atoms with E-state index in [0.717, 1.165) is 31.1 Å². The molecule has 0 amide bonds. The van der Waals surface area contributed by atoms with Crippen molar-refractivity contribution in [3.05, 3.63) is 45.1 Å². The van der Waals surface area contributed by atoms with Crippen molar-refractivity contribution in [3.8, 4) is 0 Å². The second-order valence-corrected chi connectivity index (χ2v) is 12.6. The van der Waals surface area contributed by atoms with Gasteiger partial charge in [0.15, 0.2) is 0 Å². The fourth-order valence-electron chi connectivity index (χ4n) is 8.68. The van der Waals surface area contributed by atoms with E-state index in [1.165, 1.54) is 60.5 Å². The van der Waals surface area contributed by atoms with Gasteiger partial charge < -0.3 is 4.74 Å². The Morgan fingerprint density at radius 1 is 0.895 bits per heavy atom. The summed E-state index contributed by atoms with van der Waals surface area (Å²) < 4.78 is 8.12. The topological polar surface area (TPSA) is 73.5 Å². The Bertz CT molecular complexity index is 1280. The van der Waals surface area contributed by atoms with Gasteiger partial charge in [-0.1, -0.05) is 44.7 Å². The molecule has 7 heteroatoms. The molecule has 4 fully saturated rings. The first kappa shape index (κ1) is 25.8. The lowest BCUT2D eigenvalue weighted by atomic mass is 9.71. The second kappa shape index (κ2) is 10.6. The smallest absolute Gasteiger partial charge is 0.332 e. The zero-order valence-corrected chi connectivity index (χ0v) is 23.0. The number of piperidine rings is 2. The Morgan fingerprint density at radius 2 is 1.63 bits per heavy atom. The van der Waals surface area contributed by atoms with Gasteiger partial charge in [0.1, 0.15) is 6.54 Å². The number of hydrogen-bond acceptors (Lipinski definition) is 5. The van der Waals surface area contributed by atoms with Gasteiger partial charge in [0, 0.05) is 24.2 Å². The van der Waals surface area contributed by atoms with Crippen LogP contribution in [0.15, 0.2) is 33.9 Å². The fourth-order valence-corrected chi connectivity index (χ4v) is 8.68. The maximum Gasteiger partial charge on any atom is 0.332 e. The minimum absolute atomic E-state index is 0.145. The predicted octanol–water partition coefficient (Wildman–Crippen LogP) is 4.89. The Hall–Kier alpha value is -2.41. The molecule has 2 unspecified atom stereocenters. The quantitative estimate of drug-likeness (QED) is 0.524. The number of para-hydroxylation sites is 1. The summed E-state index contributed by atoms with van der Waals surface area (Å²) in [5.74, 6) is 1.83. The minimum atomic E-state index is -0.455. The van der Waals surface area contributed by atoms with Gasteiger partial charge in [0.2, 0.25) is 0 Å². The molecule has 206 valence electrons. The first-order valence-corrected chi connectivity index (χ1v) is 15.1. The molecular weight excluding hydrogens is 478 g/mol. The van der Waals surface area contributed by atoms with Gasteiger partial charge in [0.25, 0.3) is 5.56 Å². The molecule has 4 bridgehead atoms. The first-order chi connectivity index (χ1) is 18.4. The van der Waals surface area contributed by atoms with E-state index in [-0.39, 0.29) is 30.4 Å². The molecule has 2 aliphatic heterocycles. The van der Waals surface area contributed by atoms with E-state index in [2.05, 4.69) is 11.8 Å². The van der Waals surface area contributed by atoms with Crippen LogP contribution < -0.4 is 11.2 Å². The Balaban J connectivity index is 1.35. The number of nitrogens with zero attached hydrogens (tertiary/aromatic N) is 3. The molecule has 7 nitrogen and oxygen atoms in total. The van der Waals surface area contributed by atoms with Crippen LogP contribution in [0.4, 0.5) is 0 Å². The van der Waals surface area contributed by atoms with E-state index in [1.807, 2.05) is 6.07 Å². The average molecular weight is 522 g/mol. The lowest BCUT2D eigenvalue weighted by Crippen LogP contribution is -2.61. The molecule has 2 aliphatic carbocycles. The number of esters is 1. The number of carbonyl (C=O) groups is 1. The summed E-state index contributed by atoms with van der Waals surface area (Å²) in [6.45, 7) is 4.21. The van der Waals surface area contributed by atoms with Gasteiger partial charge in [-0.2, -0.15) is 0 Å². The summed E-state index contributed by atoms with van der Waals surface area (Å²) in [4.78, 5) is 43.0. The highest BCUT2D eigenvalue weighted by Crippen LogP contribution is 2.47. The summed E-state index contributed by atoms with van der Waals surface area (Å²) in [6, 6.07) is 8.47. The third-order valence-corrected chi connectivity index (χ3v) is 10.3. The summed E-state index contributed by atoms with van der Waals surface area (Å²) in [5.41, 5.74) is -0.101. The Labute approximate surface area is 225 Å². The van der Waals surface area contributed by atoms with E-state index in [4.69, 9.17) is 4.74 Å². The number of ether oxygens (including phenoxy) is 1. The van der Waals surface area contributed by atoms with Crippen molar-refractivity contribution < 1.29 is 9.53 Å².